The second-order valence-electron chi connectivity index (χ2n) is 5.59. The molecule has 4 rings (SSSR count). The van der Waals surface area contributed by atoms with E-state index in [2.05, 4.69) is 0 Å². The molecule has 0 spiro atoms. The lowest BCUT2D eigenvalue weighted by atomic mass is 10.2. The monoisotopic (exact) mass is 363 g/mol. The van der Waals surface area contributed by atoms with Crippen molar-refractivity contribution < 1.29 is 9.67 Å². The molecule has 0 fully saturated rings. The summed E-state index contributed by atoms with van der Waals surface area (Å²) in [4.78, 5) is 0.708. The fraction of sp³-hybridized carbons (Fsp3) is 0. The molecule has 25 heavy (non-hydrogen) atoms. The summed E-state index contributed by atoms with van der Waals surface area (Å²) in [6, 6.07) is 27.1. The van der Waals surface area contributed by atoms with Crippen LogP contribution in [0.15, 0.2) is 84.9 Å². The van der Waals surface area contributed by atoms with Gasteiger partial charge in [-0.3, -0.25) is 0 Å². The van der Waals surface area contributed by atoms with E-state index in [1.807, 2.05) is 84.9 Å². The molecule has 0 saturated carbocycles. The fourth-order valence-corrected chi connectivity index (χ4v) is 4.03. The zero-order valence-corrected chi connectivity index (χ0v) is 14.8. The lowest BCUT2D eigenvalue weighted by Gasteiger charge is -2.05. The predicted molar refractivity (Wildman–Crippen MR) is 101 cm³/mol. The molecule has 0 amide bonds. The number of aromatic nitrogens is 1. The SMILES string of the molecule is [O-]c1c(-c2ccc(Cl)cc2)sc(-c2ccccc2)[n+]1-c1ccccc1. The number of halogens is 1. The molecule has 2 nitrogen and oxygen atoms in total. The molecule has 0 radical (unpaired) electrons. The smallest absolute Gasteiger partial charge is 0.274 e. The minimum Gasteiger partial charge on any atom is -0.822 e. The van der Waals surface area contributed by atoms with Crippen LogP contribution in [0.5, 0.6) is 5.88 Å². The van der Waals surface area contributed by atoms with E-state index in [4.69, 9.17) is 11.6 Å². The molecule has 1 aromatic heterocycles. The van der Waals surface area contributed by atoms with Gasteiger partial charge in [0.2, 0.25) is 5.69 Å². The predicted octanol–water partition coefficient (Wildman–Crippen LogP) is 5.09. The van der Waals surface area contributed by atoms with Gasteiger partial charge < -0.3 is 5.11 Å². The maximum absolute atomic E-state index is 13.2. The Hall–Kier alpha value is -2.62. The maximum atomic E-state index is 13.2. The molecule has 0 aliphatic heterocycles. The highest BCUT2D eigenvalue weighted by Gasteiger charge is 2.24. The van der Waals surface area contributed by atoms with Crippen LogP contribution in [0.3, 0.4) is 0 Å². The molecule has 4 heteroatoms. The van der Waals surface area contributed by atoms with Gasteiger partial charge in [0.25, 0.3) is 5.01 Å². The summed E-state index contributed by atoms with van der Waals surface area (Å²) in [7, 11) is 0. The Morgan fingerprint density at radius 3 is 1.96 bits per heavy atom. The van der Waals surface area contributed by atoms with E-state index in [0.29, 0.717) is 9.90 Å². The van der Waals surface area contributed by atoms with Gasteiger partial charge in [-0.1, -0.05) is 71.5 Å². The van der Waals surface area contributed by atoms with Crippen LogP contribution in [-0.4, -0.2) is 0 Å². The Morgan fingerprint density at radius 1 is 0.720 bits per heavy atom. The molecule has 1 heterocycles. The van der Waals surface area contributed by atoms with Crippen LogP contribution in [0.1, 0.15) is 0 Å². The second-order valence-corrected chi connectivity index (χ2v) is 7.02. The van der Waals surface area contributed by atoms with E-state index in [1.165, 1.54) is 11.3 Å². The van der Waals surface area contributed by atoms with Gasteiger partial charge in [0.15, 0.2) is 5.88 Å². The van der Waals surface area contributed by atoms with Gasteiger partial charge in [-0.2, -0.15) is 4.57 Å². The Morgan fingerprint density at radius 2 is 1.32 bits per heavy atom. The third kappa shape index (κ3) is 3.04. The van der Waals surface area contributed by atoms with Crippen LogP contribution in [0.2, 0.25) is 5.02 Å². The van der Waals surface area contributed by atoms with Gasteiger partial charge in [-0.15, -0.1) is 0 Å². The number of benzene rings is 3. The normalized spacial score (nSPS) is 10.8. The van der Waals surface area contributed by atoms with E-state index in [9.17, 15) is 5.11 Å². The number of rotatable bonds is 3. The first-order chi connectivity index (χ1) is 12.2. The Labute approximate surface area is 155 Å². The molecule has 3 aromatic carbocycles. The van der Waals surface area contributed by atoms with Crippen molar-refractivity contribution in [3.05, 3.63) is 90.0 Å². The quantitative estimate of drug-likeness (QED) is 0.466. The summed E-state index contributed by atoms with van der Waals surface area (Å²) in [5.41, 5.74) is 2.77. The van der Waals surface area contributed by atoms with E-state index in [-0.39, 0.29) is 5.88 Å². The Bertz CT molecular complexity index is 996. The van der Waals surface area contributed by atoms with Crippen LogP contribution in [0.25, 0.3) is 26.7 Å². The highest BCUT2D eigenvalue weighted by molar-refractivity contribution is 7.18. The van der Waals surface area contributed by atoms with Crippen molar-refractivity contribution in [1.82, 2.24) is 0 Å². The summed E-state index contributed by atoms with van der Waals surface area (Å²) in [5, 5.41) is 14.8. The molecule has 0 aliphatic carbocycles. The van der Waals surface area contributed by atoms with E-state index < -0.39 is 0 Å². The first kappa shape index (κ1) is 15.9. The summed E-state index contributed by atoms with van der Waals surface area (Å²) >= 11 is 7.49. The summed E-state index contributed by atoms with van der Waals surface area (Å²) in [6.45, 7) is 0. The molecule has 0 bridgehead atoms. The number of hydrogen-bond acceptors (Lipinski definition) is 2. The summed E-state index contributed by atoms with van der Waals surface area (Å²) < 4.78 is 1.78. The average Bonchev–Trinajstić information content (AvgIpc) is 3.01. The molecule has 0 aliphatic rings. The number of thiazole rings is 1. The van der Waals surface area contributed by atoms with Gasteiger partial charge in [-0.25, -0.2) is 0 Å². The molecule has 0 unspecified atom stereocenters. The standard InChI is InChI=1S/C21H14ClNOS/c22-17-13-11-15(12-14-17)19-20(24)23(18-9-5-2-6-10-18)21(25-19)16-7-3-1-4-8-16/h1-14H. The first-order valence-electron chi connectivity index (χ1n) is 7.86. The molecule has 0 atom stereocenters. The number of hydrogen-bond donors (Lipinski definition) is 0. The Kier molecular flexibility index (Phi) is 4.26. The van der Waals surface area contributed by atoms with Crippen molar-refractivity contribution in [2.75, 3.05) is 0 Å². The van der Waals surface area contributed by atoms with E-state index in [1.54, 1.807) is 4.57 Å². The van der Waals surface area contributed by atoms with Crippen molar-refractivity contribution in [3.8, 4) is 32.6 Å². The number of nitrogens with zero attached hydrogens (tertiary/aromatic N) is 1. The topological polar surface area (TPSA) is 26.9 Å². The minimum atomic E-state index is -0.0163. The lowest BCUT2D eigenvalue weighted by Crippen LogP contribution is -2.34. The Balaban J connectivity index is 1.97. The van der Waals surface area contributed by atoms with Crippen molar-refractivity contribution in [2.24, 2.45) is 0 Å². The van der Waals surface area contributed by atoms with Crippen LogP contribution in [0.4, 0.5) is 0 Å². The summed E-state index contributed by atoms with van der Waals surface area (Å²) in [5.74, 6) is -0.0163. The van der Waals surface area contributed by atoms with Crippen molar-refractivity contribution in [2.45, 2.75) is 0 Å². The van der Waals surface area contributed by atoms with Gasteiger partial charge in [0, 0.05) is 17.2 Å². The second kappa shape index (κ2) is 6.71. The van der Waals surface area contributed by atoms with Crippen LogP contribution in [0, 0.1) is 0 Å². The molecular formula is C21H14ClNOS. The van der Waals surface area contributed by atoms with E-state index in [0.717, 1.165) is 21.8 Å². The van der Waals surface area contributed by atoms with Gasteiger partial charge in [0.05, 0.1) is 10.4 Å². The van der Waals surface area contributed by atoms with Crippen LogP contribution in [-0.2, 0) is 0 Å². The third-order valence-corrected chi connectivity index (χ3v) is 5.42. The third-order valence-electron chi connectivity index (χ3n) is 3.94. The van der Waals surface area contributed by atoms with Gasteiger partial charge in [-0.05, 0) is 29.8 Å². The maximum Gasteiger partial charge on any atom is 0.274 e. The first-order valence-corrected chi connectivity index (χ1v) is 9.06. The highest BCUT2D eigenvalue weighted by atomic mass is 35.5. The van der Waals surface area contributed by atoms with Gasteiger partial charge >= 0.3 is 0 Å². The van der Waals surface area contributed by atoms with Crippen molar-refractivity contribution >= 4 is 22.9 Å². The summed E-state index contributed by atoms with van der Waals surface area (Å²) in [6.07, 6.45) is 0. The van der Waals surface area contributed by atoms with Crippen LogP contribution < -0.4 is 9.67 Å². The zero-order valence-electron chi connectivity index (χ0n) is 13.2. The van der Waals surface area contributed by atoms with Crippen molar-refractivity contribution in [1.29, 1.82) is 0 Å². The molecule has 0 saturated heterocycles. The molecule has 4 aromatic rings. The van der Waals surface area contributed by atoms with Crippen LogP contribution >= 0.6 is 22.9 Å². The van der Waals surface area contributed by atoms with Crippen molar-refractivity contribution in [3.63, 3.8) is 0 Å². The molecular weight excluding hydrogens is 350 g/mol. The highest BCUT2D eigenvalue weighted by Crippen LogP contribution is 2.37. The lowest BCUT2D eigenvalue weighted by molar-refractivity contribution is -0.636. The minimum absolute atomic E-state index is 0.0163. The average molecular weight is 364 g/mol. The molecule has 122 valence electrons. The van der Waals surface area contributed by atoms with E-state index >= 15 is 0 Å². The number of para-hydroxylation sites is 1. The zero-order chi connectivity index (χ0) is 17.2. The molecule has 0 N–H and O–H groups in total. The largest absolute Gasteiger partial charge is 0.822 e. The van der Waals surface area contributed by atoms with Gasteiger partial charge in [0.1, 0.15) is 0 Å². The fourth-order valence-electron chi connectivity index (χ4n) is 2.74.